The van der Waals surface area contributed by atoms with Crippen LogP contribution < -0.4 is 4.74 Å². The van der Waals surface area contributed by atoms with Crippen LogP contribution in [-0.4, -0.2) is 12.9 Å². The van der Waals surface area contributed by atoms with Crippen molar-refractivity contribution in [2.24, 2.45) is 0 Å². The number of aryl methyl sites for hydroxylation is 1. The smallest absolute Gasteiger partial charge is 0.202 e. The Morgan fingerprint density at radius 2 is 1.90 bits per heavy atom. The van der Waals surface area contributed by atoms with Gasteiger partial charge in [0, 0.05) is 3.57 Å². The Morgan fingerprint density at radius 1 is 1.20 bits per heavy atom. The van der Waals surface area contributed by atoms with E-state index in [0.717, 1.165) is 9.64 Å². The molecule has 2 aromatic rings. The van der Waals surface area contributed by atoms with Gasteiger partial charge in [-0.25, -0.2) is 8.78 Å². The van der Waals surface area contributed by atoms with Crippen LogP contribution in [0.3, 0.4) is 0 Å². The number of carbonyl (C=O) groups is 1. The highest BCUT2D eigenvalue weighted by atomic mass is 127. The molecule has 0 saturated carbocycles. The predicted molar refractivity (Wildman–Crippen MR) is 80.2 cm³/mol. The van der Waals surface area contributed by atoms with Gasteiger partial charge in [-0.2, -0.15) is 0 Å². The molecule has 0 unspecified atom stereocenters. The van der Waals surface area contributed by atoms with Gasteiger partial charge in [-0.1, -0.05) is 6.07 Å². The Hall–Kier alpha value is -1.50. The summed E-state index contributed by atoms with van der Waals surface area (Å²) >= 11 is 2.02. The SMILES string of the molecule is COc1ccc(I)cc1C(=O)c1c(F)ccc(C)c1F. The van der Waals surface area contributed by atoms with Gasteiger partial charge in [-0.05, 0) is 59.3 Å². The molecule has 0 saturated heterocycles. The third-order valence-corrected chi connectivity index (χ3v) is 3.59. The van der Waals surface area contributed by atoms with Gasteiger partial charge in [-0.3, -0.25) is 4.79 Å². The van der Waals surface area contributed by atoms with Crippen LogP contribution in [0.5, 0.6) is 5.75 Å². The van der Waals surface area contributed by atoms with Gasteiger partial charge in [0.25, 0.3) is 0 Å². The summed E-state index contributed by atoms with van der Waals surface area (Å²) in [5.74, 6) is -2.15. The van der Waals surface area contributed by atoms with E-state index in [1.54, 1.807) is 18.2 Å². The molecule has 2 nitrogen and oxygen atoms in total. The topological polar surface area (TPSA) is 26.3 Å². The number of benzene rings is 2. The molecular formula is C15H11F2IO2. The molecule has 0 N–H and O–H groups in total. The minimum Gasteiger partial charge on any atom is -0.496 e. The molecule has 0 aliphatic carbocycles. The van der Waals surface area contributed by atoms with Crippen LogP contribution >= 0.6 is 22.6 Å². The van der Waals surface area contributed by atoms with Gasteiger partial charge < -0.3 is 4.74 Å². The van der Waals surface area contributed by atoms with E-state index in [-0.39, 0.29) is 16.9 Å². The molecule has 0 aromatic heterocycles. The van der Waals surface area contributed by atoms with Crippen LogP contribution in [0.2, 0.25) is 0 Å². The Morgan fingerprint density at radius 3 is 2.55 bits per heavy atom. The highest BCUT2D eigenvalue weighted by Crippen LogP contribution is 2.27. The lowest BCUT2D eigenvalue weighted by molar-refractivity contribution is 0.102. The van der Waals surface area contributed by atoms with E-state index in [4.69, 9.17) is 4.74 Å². The highest BCUT2D eigenvalue weighted by molar-refractivity contribution is 14.1. The van der Waals surface area contributed by atoms with E-state index in [1.807, 2.05) is 22.6 Å². The standard InChI is InChI=1S/C15H11F2IO2/c1-8-3-5-11(16)13(14(8)17)15(19)10-7-9(18)4-6-12(10)20-2/h3-7H,1-2H3. The first kappa shape index (κ1) is 14.9. The molecule has 5 heteroatoms. The van der Waals surface area contributed by atoms with Gasteiger partial charge >= 0.3 is 0 Å². The first-order valence-corrected chi connectivity index (χ1v) is 6.86. The quantitative estimate of drug-likeness (QED) is 0.584. The molecule has 0 bridgehead atoms. The van der Waals surface area contributed by atoms with Crippen molar-refractivity contribution in [2.45, 2.75) is 6.92 Å². The predicted octanol–water partition coefficient (Wildman–Crippen LogP) is 4.12. The van der Waals surface area contributed by atoms with Gasteiger partial charge in [0.2, 0.25) is 5.78 Å². The number of hydrogen-bond acceptors (Lipinski definition) is 2. The average molecular weight is 388 g/mol. The molecule has 20 heavy (non-hydrogen) atoms. The molecular weight excluding hydrogens is 377 g/mol. The summed E-state index contributed by atoms with van der Waals surface area (Å²) in [6.45, 7) is 1.48. The normalized spacial score (nSPS) is 10.4. The van der Waals surface area contributed by atoms with E-state index in [2.05, 4.69) is 0 Å². The molecule has 0 aliphatic rings. The lowest BCUT2D eigenvalue weighted by Gasteiger charge is -2.10. The summed E-state index contributed by atoms with van der Waals surface area (Å²) in [5, 5.41) is 0. The maximum Gasteiger partial charge on any atom is 0.202 e. The van der Waals surface area contributed by atoms with Crippen molar-refractivity contribution in [1.82, 2.24) is 0 Å². The minimum absolute atomic E-state index is 0.141. The van der Waals surface area contributed by atoms with E-state index in [1.165, 1.54) is 20.1 Å². The van der Waals surface area contributed by atoms with E-state index < -0.39 is 23.0 Å². The first-order valence-electron chi connectivity index (χ1n) is 5.78. The average Bonchev–Trinajstić information content (AvgIpc) is 2.43. The maximum atomic E-state index is 14.0. The third-order valence-electron chi connectivity index (χ3n) is 2.92. The lowest BCUT2D eigenvalue weighted by Crippen LogP contribution is -2.10. The van der Waals surface area contributed by atoms with Crippen LogP contribution in [0.15, 0.2) is 30.3 Å². The lowest BCUT2D eigenvalue weighted by atomic mass is 9.99. The Kier molecular flexibility index (Phi) is 4.37. The number of ether oxygens (including phenoxy) is 1. The number of carbonyl (C=O) groups excluding carboxylic acids is 1. The van der Waals surface area contributed by atoms with Crippen LogP contribution in [0, 0.1) is 22.1 Å². The first-order chi connectivity index (χ1) is 9.45. The summed E-state index contributed by atoms with van der Waals surface area (Å²) in [6.07, 6.45) is 0. The monoisotopic (exact) mass is 388 g/mol. The van der Waals surface area contributed by atoms with Gasteiger partial charge in [0.1, 0.15) is 17.4 Å². The molecule has 0 fully saturated rings. The Labute approximate surface area is 128 Å². The summed E-state index contributed by atoms with van der Waals surface area (Å²) in [7, 11) is 1.40. The fourth-order valence-electron chi connectivity index (χ4n) is 1.86. The molecule has 2 rings (SSSR count). The highest BCUT2D eigenvalue weighted by Gasteiger charge is 2.23. The van der Waals surface area contributed by atoms with Crippen molar-refractivity contribution < 1.29 is 18.3 Å². The molecule has 0 atom stereocenters. The fourth-order valence-corrected chi connectivity index (χ4v) is 2.35. The second-order valence-corrected chi connectivity index (χ2v) is 5.47. The Balaban J connectivity index is 2.63. The fraction of sp³-hybridized carbons (Fsp3) is 0.133. The number of methoxy groups -OCH3 is 1. The van der Waals surface area contributed by atoms with Crippen molar-refractivity contribution in [3.63, 3.8) is 0 Å². The van der Waals surface area contributed by atoms with E-state index >= 15 is 0 Å². The van der Waals surface area contributed by atoms with E-state index in [0.29, 0.717) is 0 Å². The van der Waals surface area contributed by atoms with Crippen molar-refractivity contribution in [2.75, 3.05) is 7.11 Å². The molecule has 0 aliphatic heterocycles. The van der Waals surface area contributed by atoms with Crippen molar-refractivity contribution in [1.29, 1.82) is 0 Å². The second-order valence-electron chi connectivity index (χ2n) is 4.23. The van der Waals surface area contributed by atoms with Gasteiger partial charge in [-0.15, -0.1) is 0 Å². The van der Waals surface area contributed by atoms with Crippen molar-refractivity contribution in [3.05, 3.63) is 62.2 Å². The Bertz CT molecular complexity index is 684. The zero-order valence-corrected chi connectivity index (χ0v) is 13.0. The van der Waals surface area contributed by atoms with Gasteiger partial charge in [0.15, 0.2) is 0 Å². The van der Waals surface area contributed by atoms with Crippen molar-refractivity contribution >= 4 is 28.4 Å². The third kappa shape index (κ3) is 2.67. The number of hydrogen-bond donors (Lipinski definition) is 0. The summed E-state index contributed by atoms with van der Waals surface area (Å²) < 4.78 is 33.7. The molecule has 2 aromatic carbocycles. The van der Waals surface area contributed by atoms with Crippen molar-refractivity contribution in [3.8, 4) is 5.75 Å². The summed E-state index contributed by atoms with van der Waals surface area (Å²) in [5.41, 5.74) is -0.188. The van der Waals surface area contributed by atoms with E-state index in [9.17, 15) is 13.6 Å². The summed E-state index contributed by atoms with van der Waals surface area (Å²) in [4.78, 5) is 12.4. The largest absolute Gasteiger partial charge is 0.496 e. The molecule has 0 amide bonds. The number of rotatable bonds is 3. The number of halogens is 3. The molecule has 0 spiro atoms. The van der Waals surface area contributed by atoms with Crippen LogP contribution in [0.1, 0.15) is 21.5 Å². The van der Waals surface area contributed by atoms with Crippen LogP contribution in [0.4, 0.5) is 8.78 Å². The summed E-state index contributed by atoms with van der Waals surface area (Å²) in [6, 6.07) is 7.28. The molecule has 0 radical (unpaired) electrons. The zero-order valence-electron chi connectivity index (χ0n) is 10.8. The number of ketones is 1. The van der Waals surface area contributed by atoms with Crippen LogP contribution in [-0.2, 0) is 0 Å². The molecule has 104 valence electrons. The maximum absolute atomic E-state index is 14.0. The van der Waals surface area contributed by atoms with Gasteiger partial charge in [0.05, 0.1) is 18.2 Å². The zero-order chi connectivity index (χ0) is 14.9. The van der Waals surface area contributed by atoms with Crippen LogP contribution in [0.25, 0.3) is 0 Å². The molecule has 0 heterocycles. The minimum atomic E-state index is -0.876. The second kappa shape index (κ2) is 5.87.